The van der Waals surface area contributed by atoms with Crippen LogP contribution >= 0.6 is 11.6 Å². The lowest BCUT2D eigenvalue weighted by Gasteiger charge is -2.23. The normalized spacial score (nSPS) is 26.6. The molecule has 2 fully saturated rings. The number of hydrogen-bond acceptors (Lipinski definition) is 4. The smallest absolute Gasteiger partial charge is 0.223 e. The fourth-order valence-corrected chi connectivity index (χ4v) is 4.15. The van der Waals surface area contributed by atoms with Gasteiger partial charge in [-0.05, 0) is 49.9 Å². The van der Waals surface area contributed by atoms with E-state index in [1.54, 1.807) is 7.11 Å². The van der Waals surface area contributed by atoms with Crippen molar-refractivity contribution in [1.29, 1.82) is 0 Å². The van der Waals surface area contributed by atoms with E-state index in [9.17, 15) is 4.79 Å². The van der Waals surface area contributed by atoms with Crippen molar-refractivity contribution in [3.63, 3.8) is 0 Å². The number of nitrogens with one attached hydrogen (secondary N) is 1. The van der Waals surface area contributed by atoms with Crippen molar-refractivity contribution in [3.05, 3.63) is 23.2 Å². The third kappa shape index (κ3) is 3.62. The molecule has 5 nitrogen and oxygen atoms in total. The van der Waals surface area contributed by atoms with E-state index in [1.807, 2.05) is 18.2 Å². The van der Waals surface area contributed by atoms with Gasteiger partial charge in [-0.3, -0.25) is 4.79 Å². The van der Waals surface area contributed by atoms with Crippen molar-refractivity contribution < 1.29 is 9.53 Å². The first-order valence-corrected chi connectivity index (χ1v) is 9.09. The zero-order valence-corrected chi connectivity index (χ0v) is 14.9. The summed E-state index contributed by atoms with van der Waals surface area (Å²) >= 11 is 6.13. The maximum absolute atomic E-state index is 12.6. The molecule has 1 saturated heterocycles. The molecule has 1 unspecified atom stereocenters. The SMILES string of the molecule is COc1ccc(Cl)cc1N1CCC(NC(=O)[C@@H]2CCC[C@@H]2CN)C1. The van der Waals surface area contributed by atoms with Crippen molar-refractivity contribution in [3.8, 4) is 5.75 Å². The van der Waals surface area contributed by atoms with Crippen molar-refractivity contribution in [2.75, 3.05) is 31.6 Å². The summed E-state index contributed by atoms with van der Waals surface area (Å²) in [7, 11) is 1.66. The number of nitrogens with zero attached hydrogens (tertiary/aromatic N) is 1. The number of benzene rings is 1. The Labute approximate surface area is 148 Å². The van der Waals surface area contributed by atoms with Crippen molar-refractivity contribution in [2.45, 2.75) is 31.7 Å². The minimum absolute atomic E-state index is 0.0877. The van der Waals surface area contributed by atoms with E-state index in [2.05, 4.69) is 10.2 Å². The Kier molecular flexibility index (Phi) is 5.51. The van der Waals surface area contributed by atoms with Crippen LogP contribution in [0.5, 0.6) is 5.75 Å². The van der Waals surface area contributed by atoms with E-state index in [1.165, 1.54) is 0 Å². The summed E-state index contributed by atoms with van der Waals surface area (Å²) in [5, 5.41) is 3.92. The van der Waals surface area contributed by atoms with E-state index in [-0.39, 0.29) is 17.9 Å². The van der Waals surface area contributed by atoms with Crippen LogP contribution in [0.3, 0.4) is 0 Å². The summed E-state index contributed by atoms with van der Waals surface area (Å²) in [6, 6.07) is 5.80. The third-order valence-corrected chi connectivity index (χ3v) is 5.55. The average Bonchev–Trinajstić information content (AvgIpc) is 3.23. The third-order valence-electron chi connectivity index (χ3n) is 5.31. The summed E-state index contributed by atoms with van der Waals surface area (Å²) in [5.41, 5.74) is 6.79. The Bertz CT molecular complexity index is 596. The molecular weight excluding hydrogens is 326 g/mol. The number of amides is 1. The number of halogens is 1. The number of carbonyl (C=O) groups excluding carboxylic acids is 1. The highest BCUT2D eigenvalue weighted by Crippen LogP contribution is 2.34. The molecule has 24 heavy (non-hydrogen) atoms. The van der Waals surface area contributed by atoms with E-state index in [0.29, 0.717) is 17.5 Å². The zero-order chi connectivity index (χ0) is 17.1. The Morgan fingerprint density at radius 2 is 2.25 bits per heavy atom. The first-order chi connectivity index (χ1) is 11.6. The van der Waals surface area contributed by atoms with Crippen LogP contribution in [0.4, 0.5) is 5.69 Å². The molecule has 1 heterocycles. The largest absolute Gasteiger partial charge is 0.495 e. The maximum Gasteiger partial charge on any atom is 0.223 e. The predicted molar refractivity (Wildman–Crippen MR) is 96.7 cm³/mol. The number of ether oxygens (including phenoxy) is 1. The summed E-state index contributed by atoms with van der Waals surface area (Å²) in [6.07, 6.45) is 4.08. The van der Waals surface area contributed by atoms with Crippen LogP contribution in [0.25, 0.3) is 0 Å². The number of rotatable bonds is 5. The molecule has 0 aromatic heterocycles. The summed E-state index contributed by atoms with van der Waals surface area (Å²) < 4.78 is 5.44. The van der Waals surface area contributed by atoms with Crippen LogP contribution in [-0.2, 0) is 4.79 Å². The Hall–Kier alpha value is -1.46. The van der Waals surface area contributed by atoms with Gasteiger partial charge in [0.15, 0.2) is 0 Å². The highest BCUT2D eigenvalue weighted by atomic mass is 35.5. The molecule has 1 aliphatic carbocycles. The zero-order valence-electron chi connectivity index (χ0n) is 14.1. The topological polar surface area (TPSA) is 67.6 Å². The maximum atomic E-state index is 12.6. The molecule has 2 aliphatic rings. The van der Waals surface area contributed by atoms with Gasteiger partial charge in [-0.2, -0.15) is 0 Å². The first-order valence-electron chi connectivity index (χ1n) is 8.71. The molecule has 0 radical (unpaired) electrons. The van der Waals surface area contributed by atoms with E-state index >= 15 is 0 Å². The van der Waals surface area contributed by atoms with Gasteiger partial charge in [-0.25, -0.2) is 0 Å². The van der Waals surface area contributed by atoms with E-state index in [0.717, 1.165) is 50.2 Å². The quantitative estimate of drug-likeness (QED) is 0.855. The molecule has 3 atom stereocenters. The lowest BCUT2D eigenvalue weighted by molar-refractivity contribution is -0.126. The predicted octanol–water partition coefficient (Wildman–Crippen LogP) is 2.42. The molecule has 1 aliphatic heterocycles. The average molecular weight is 352 g/mol. The molecule has 0 bridgehead atoms. The molecular formula is C18H26ClN3O2. The van der Waals surface area contributed by atoms with Crippen molar-refractivity contribution in [1.82, 2.24) is 5.32 Å². The second-order valence-electron chi connectivity index (χ2n) is 6.79. The Morgan fingerprint density at radius 1 is 1.42 bits per heavy atom. The van der Waals surface area contributed by atoms with Gasteiger partial charge in [-0.1, -0.05) is 18.0 Å². The fourth-order valence-electron chi connectivity index (χ4n) is 3.98. The fraction of sp³-hybridized carbons (Fsp3) is 0.611. The van der Waals surface area contributed by atoms with Crippen LogP contribution in [0, 0.1) is 11.8 Å². The molecule has 132 valence electrons. The molecule has 1 amide bonds. The van der Waals surface area contributed by atoms with Gasteiger partial charge >= 0.3 is 0 Å². The highest BCUT2D eigenvalue weighted by molar-refractivity contribution is 6.30. The van der Waals surface area contributed by atoms with Gasteiger partial charge < -0.3 is 20.7 Å². The number of hydrogen-bond donors (Lipinski definition) is 2. The standard InChI is InChI=1S/C18H26ClN3O2/c1-24-17-6-5-13(19)9-16(17)22-8-7-14(11-22)21-18(23)15-4-2-3-12(15)10-20/h5-6,9,12,14-15H,2-4,7-8,10-11,20H2,1H3,(H,21,23)/t12-,14?,15-/m1/s1. The van der Waals surface area contributed by atoms with Crippen LogP contribution in [0.1, 0.15) is 25.7 Å². The van der Waals surface area contributed by atoms with Crippen LogP contribution < -0.4 is 20.7 Å². The van der Waals surface area contributed by atoms with Crippen LogP contribution in [-0.4, -0.2) is 38.7 Å². The van der Waals surface area contributed by atoms with E-state index < -0.39 is 0 Å². The van der Waals surface area contributed by atoms with Crippen LogP contribution in [0.15, 0.2) is 18.2 Å². The number of nitrogens with two attached hydrogens (primary N) is 1. The molecule has 3 N–H and O–H groups in total. The molecule has 1 aromatic rings. The van der Waals surface area contributed by atoms with Gasteiger partial charge in [0, 0.05) is 30.1 Å². The van der Waals surface area contributed by atoms with Crippen LogP contribution in [0.2, 0.25) is 5.02 Å². The van der Waals surface area contributed by atoms with E-state index in [4.69, 9.17) is 22.1 Å². The molecule has 1 aromatic carbocycles. The minimum atomic E-state index is 0.0877. The van der Waals surface area contributed by atoms with Gasteiger partial charge in [-0.15, -0.1) is 0 Å². The second-order valence-corrected chi connectivity index (χ2v) is 7.23. The highest BCUT2D eigenvalue weighted by Gasteiger charge is 2.34. The monoisotopic (exact) mass is 351 g/mol. The Balaban J connectivity index is 1.61. The summed E-state index contributed by atoms with van der Waals surface area (Å²) in [6.45, 7) is 2.27. The lowest BCUT2D eigenvalue weighted by atomic mass is 9.95. The second kappa shape index (κ2) is 7.62. The van der Waals surface area contributed by atoms with Crippen molar-refractivity contribution >= 4 is 23.2 Å². The Morgan fingerprint density at radius 3 is 3.00 bits per heavy atom. The molecule has 6 heteroatoms. The van der Waals surface area contributed by atoms with Gasteiger partial charge in [0.05, 0.1) is 12.8 Å². The summed E-state index contributed by atoms with van der Waals surface area (Å²) in [5.74, 6) is 1.42. The first kappa shape index (κ1) is 17.4. The number of carbonyl (C=O) groups is 1. The molecule has 3 rings (SSSR count). The van der Waals surface area contributed by atoms with Gasteiger partial charge in [0.1, 0.15) is 5.75 Å². The molecule has 0 spiro atoms. The minimum Gasteiger partial charge on any atom is -0.495 e. The lowest BCUT2D eigenvalue weighted by Crippen LogP contribution is -2.42. The van der Waals surface area contributed by atoms with Crippen molar-refractivity contribution in [2.24, 2.45) is 17.6 Å². The summed E-state index contributed by atoms with van der Waals surface area (Å²) in [4.78, 5) is 14.8. The van der Waals surface area contributed by atoms with Gasteiger partial charge in [0.2, 0.25) is 5.91 Å². The number of methoxy groups -OCH3 is 1. The number of anilines is 1. The molecule has 1 saturated carbocycles. The van der Waals surface area contributed by atoms with Gasteiger partial charge in [0.25, 0.3) is 0 Å².